The van der Waals surface area contributed by atoms with Crippen molar-refractivity contribution in [2.45, 2.75) is 147 Å². The van der Waals surface area contributed by atoms with Crippen LogP contribution in [0.3, 0.4) is 0 Å². The van der Waals surface area contributed by atoms with Gasteiger partial charge in [0.25, 0.3) is 5.96 Å². The van der Waals surface area contributed by atoms with Crippen molar-refractivity contribution in [2.75, 3.05) is 32.8 Å². The number of ether oxygens (including phenoxy) is 2. The Labute approximate surface area is 389 Å². The van der Waals surface area contributed by atoms with Crippen LogP contribution in [0.15, 0.2) is 35.3 Å². The molecule has 3 heterocycles. The van der Waals surface area contributed by atoms with E-state index in [0.29, 0.717) is 57.1 Å². The molecule has 1 aromatic rings. The molecule has 3 saturated heterocycles. The minimum absolute atomic E-state index is 0.0261. The smallest absolute Gasteiger partial charge is 0.408 e. The number of hydrazine groups is 1. The van der Waals surface area contributed by atoms with Gasteiger partial charge in [-0.15, -0.1) is 0 Å². The number of guanidine groups is 1. The lowest BCUT2D eigenvalue weighted by Gasteiger charge is -2.34. The third-order valence-corrected chi connectivity index (χ3v) is 12.2. The number of esters is 1. The van der Waals surface area contributed by atoms with Crippen molar-refractivity contribution >= 4 is 53.5 Å². The largest absolute Gasteiger partial charge is 0.464 e. The summed E-state index contributed by atoms with van der Waals surface area (Å²) < 4.78 is 10.8. The van der Waals surface area contributed by atoms with Crippen molar-refractivity contribution in [2.24, 2.45) is 22.4 Å². The zero-order valence-electron chi connectivity index (χ0n) is 38.7. The number of amides is 7. The molecule has 0 bridgehead atoms. The number of nitrogens with zero attached hydrogens (tertiary/aromatic N) is 5. The van der Waals surface area contributed by atoms with E-state index >= 15 is 0 Å². The van der Waals surface area contributed by atoms with E-state index in [1.54, 1.807) is 42.7 Å². The van der Waals surface area contributed by atoms with Crippen molar-refractivity contribution < 1.29 is 52.9 Å². The maximum absolute atomic E-state index is 14.4. The van der Waals surface area contributed by atoms with Gasteiger partial charge in [0.2, 0.25) is 35.4 Å². The number of hydrogen-bond donors (Lipinski definition) is 6. The van der Waals surface area contributed by atoms with Crippen LogP contribution in [0.25, 0.3) is 0 Å². The molecule has 7 atom stereocenters. The van der Waals surface area contributed by atoms with Crippen molar-refractivity contribution in [3.05, 3.63) is 46.0 Å². The Balaban J connectivity index is 1.48. The van der Waals surface area contributed by atoms with Gasteiger partial charge in [0.15, 0.2) is 5.03 Å². The van der Waals surface area contributed by atoms with Crippen LogP contribution in [0, 0.1) is 16.0 Å². The molecule has 0 saturated carbocycles. The molecular weight excluding hydrogens is 875 g/mol. The van der Waals surface area contributed by atoms with Crippen LogP contribution < -0.4 is 32.8 Å². The number of aliphatic imine (C=N–C) groups is 1. The molecule has 23 heteroatoms. The molecule has 0 radical (unpaired) electrons. The molecular formula is C44H67N11O12. The first-order valence-electron chi connectivity index (χ1n) is 23.2. The zero-order chi connectivity index (χ0) is 49.0. The number of nitro groups is 1. The fraction of sp³-hybridized carbons (Fsp3) is 0.659. The van der Waals surface area contributed by atoms with Gasteiger partial charge in [0.1, 0.15) is 42.9 Å². The summed E-state index contributed by atoms with van der Waals surface area (Å²) in [7, 11) is 0. The van der Waals surface area contributed by atoms with Gasteiger partial charge in [0.05, 0.1) is 6.61 Å². The maximum atomic E-state index is 14.4. The summed E-state index contributed by atoms with van der Waals surface area (Å²) in [4.78, 5) is 128. The molecule has 67 heavy (non-hydrogen) atoms. The molecule has 0 aliphatic carbocycles. The van der Waals surface area contributed by atoms with Gasteiger partial charge in [-0.05, 0) is 75.7 Å². The standard InChI is InChI=1S/C44H67N11O12/c1-4-6-26-66-42(62)34-19-13-25-54(34)40(60)33-18-12-24-53(33)41(61)36(28(3)5-2)50-37(57)30(20-21-35(45)56)48-38(58)32-17-11-23-52(32)39(59)31(16-10-22-47-43(46)51-55(64)65)49-44(63)67-27-29-14-8-7-9-15-29/h7-9,14-15,28,30-34,36H,4-6,10-13,16-27H2,1-3H3,(H2,45,56)(H,48,58)(H,49,63)(H,50,57)(H3,46,47,51)/t28-,30-,31-,32-,33-,34-,36-/m0/s1. The Bertz CT molecular complexity index is 1940. The fourth-order valence-corrected chi connectivity index (χ4v) is 8.40. The fourth-order valence-electron chi connectivity index (χ4n) is 8.40. The van der Waals surface area contributed by atoms with Gasteiger partial charge in [0, 0.05) is 32.6 Å². The van der Waals surface area contributed by atoms with Gasteiger partial charge < -0.3 is 51.6 Å². The summed E-state index contributed by atoms with van der Waals surface area (Å²) in [5.74, 6) is -5.13. The van der Waals surface area contributed by atoms with Crippen LogP contribution in [-0.4, -0.2) is 142 Å². The number of primary amides is 1. The highest BCUT2D eigenvalue weighted by atomic mass is 16.7. The average molecular weight is 942 g/mol. The highest BCUT2D eigenvalue weighted by molar-refractivity contribution is 5.97. The van der Waals surface area contributed by atoms with Gasteiger partial charge in [-0.2, -0.15) is 0 Å². The van der Waals surface area contributed by atoms with Crippen molar-refractivity contribution in [3.63, 3.8) is 0 Å². The normalized spacial score (nSPS) is 20.0. The second-order valence-electron chi connectivity index (χ2n) is 17.1. The first-order chi connectivity index (χ1) is 32.1. The average Bonchev–Trinajstić information content (AvgIpc) is 4.11. The van der Waals surface area contributed by atoms with Crippen molar-refractivity contribution in [3.8, 4) is 0 Å². The first kappa shape index (κ1) is 53.1. The minimum Gasteiger partial charge on any atom is -0.464 e. The molecule has 8 N–H and O–H groups in total. The maximum Gasteiger partial charge on any atom is 0.408 e. The highest BCUT2D eigenvalue weighted by Gasteiger charge is 2.45. The number of alkyl carbamates (subject to hydrolysis) is 1. The monoisotopic (exact) mass is 941 g/mol. The summed E-state index contributed by atoms with van der Waals surface area (Å²) in [5, 5.41) is 17.9. The summed E-state index contributed by atoms with van der Waals surface area (Å²) in [6.45, 7) is 6.38. The van der Waals surface area contributed by atoms with Crippen LogP contribution in [0.4, 0.5) is 4.79 Å². The number of nitrogens with two attached hydrogens (primary N) is 2. The Kier molecular flexibility index (Phi) is 21.0. The summed E-state index contributed by atoms with van der Waals surface area (Å²) >= 11 is 0. The van der Waals surface area contributed by atoms with Crippen LogP contribution >= 0.6 is 0 Å². The molecule has 3 fully saturated rings. The SMILES string of the molecule is CCCCOC(=O)[C@@H]1CCCN1C(=O)[C@@H]1CCCN1C(=O)[C@@H](NC(=O)[C@H](CCC(N)=O)NC(=O)[C@@H]1CCCN1C(=O)[C@H](CCCN=C(N)N[N+](=O)[O-])NC(=O)OCc1ccccc1)[C@@H](C)CC. The molecule has 3 aliphatic rings. The lowest BCUT2D eigenvalue weighted by Crippen LogP contribution is -2.60. The molecule has 23 nitrogen and oxygen atoms in total. The molecule has 1 aromatic carbocycles. The van der Waals surface area contributed by atoms with Gasteiger partial charge in [-0.3, -0.25) is 28.8 Å². The first-order valence-corrected chi connectivity index (χ1v) is 23.2. The molecule has 4 rings (SSSR count). The molecule has 7 amide bonds. The lowest BCUT2D eigenvalue weighted by molar-refractivity contribution is -0.525. The third kappa shape index (κ3) is 15.8. The van der Waals surface area contributed by atoms with E-state index in [1.165, 1.54) is 14.7 Å². The van der Waals surface area contributed by atoms with E-state index in [2.05, 4.69) is 20.9 Å². The van der Waals surface area contributed by atoms with E-state index in [0.717, 1.165) is 6.42 Å². The number of hydrogen-bond acceptors (Lipinski definition) is 13. The van der Waals surface area contributed by atoms with Crippen molar-refractivity contribution in [1.29, 1.82) is 0 Å². The number of likely N-dealkylation sites (tertiary alicyclic amines) is 3. The second kappa shape index (κ2) is 26.6. The van der Waals surface area contributed by atoms with Gasteiger partial charge in [-0.1, -0.05) is 69.4 Å². The number of rotatable bonds is 24. The third-order valence-electron chi connectivity index (χ3n) is 12.2. The van der Waals surface area contributed by atoms with Gasteiger partial charge in [-0.25, -0.2) is 24.7 Å². The van der Waals surface area contributed by atoms with E-state index < -0.39 is 94.8 Å². The number of nitrogens with one attached hydrogen (secondary N) is 4. The Morgan fingerprint density at radius 3 is 2.09 bits per heavy atom. The molecule has 370 valence electrons. The quantitative estimate of drug-likeness (QED) is 0.0208. The molecule has 0 unspecified atom stereocenters. The van der Waals surface area contributed by atoms with Crippen LogP contribution in [0.1, 0.15) is 110 Å². The predicted molar refractivity (Wildman–Crippen MR) is 241 cm³/mol. The van der Waals surface area contributed by atoms with E-state index in [-0.39, 0.29) is 70.9 Å². The van der Waals surface area contributed by atoms with E-state index in [4.69, 9.17) is 20.9 Å². The van der Waals surface area contributed by atoms with E-state index in [1.807, 2.05) is 13.8 Å². The van der Waals surface area contributed by atoms with Crippen LogP contribution in [0.5, 0.6) is 0 Å². The number of benzene rings is 1. The summed E-state index contributed by atoms with van der Waals surface area (Å²) in [6, 6.07) is 2.35. The lowest BCUT2D eigenvalue weighted by atomic mass is 9.96. The topological polar surface area (TPSA) is 320 Å². The highest BCUT2D eigenvalue weighted by Crippen LogP contribution is 2.28. The van der Waals surface area contributed by atoms with Crippen molar-refractivity contribution in [1.82, 2.24) is 36.1 Å². The Hall–Kier alpha value is -6.55. The summed E-state index contributed by atoms with van der Waals surface area (Å²) in [6.07, 6.45) is 3.15. The van der Waals surface area contributed by atoms with Crippen LogP contribution in [-0.2, 0) is 49.6 Å². The number of unbranched alkanes of at least 4 members (excludes halogenated alkanes) is 1. The number of carbonyl (C=O) groups excluding carboxylic acids is 8. The molecule has 0 aromatic heterocycles. The molecule has 3 aliphatic heterocycles. The van der Waals surface area contributed by atoms with Gasteiger partial charge >= 0.3 is 12.1 Å². The predicted octanol–water partition coefficient (Wildman–Crippen LogP) is 0.755. The van der Waals surface area contributed by atoms with E-state index in [9.17, 15) is 48.5 Å². The molecule has 0 spiro atoms. The van der Waals surface area contributed by atoms with Crippen LogP contribution in [0.2, 0.25) is 0 Å². The number of carbonyl (C=O) groups is 8. The minimum atomic E-state index is -1.38. The summed E-state index contributed by atoms with van der Waals surface area (Å²) in [5.41, 5.74) is 13.4. The zero-order valence-corrected chi connectivity index (χ0v) is 38.7. The Morgan fingerprint density at radius 1 is 0.806 bits per heavy atom. The Morgan fingerprint density at radius 2 is 1.45 bits per heavy atom. The second-order valence-corrected chi connectivity index (χ2v) is 17.1.